The Hall–Kier alpha value is -2.71. The third kappa shape index (κ3) is 4.96. The van der Waals surface area contributed by atoms with Crippen molar-refractivity contribution in [1.82, 2.24) is 25.1 Å². The normalized spacial score (nSPS) is 10.8. The molecule has 0 atom stereocenters. The minimum atomic E-state index is -0.0362. The Labute approximate surface area is 168 Å². The van der Waals surface area contributed by atoms with Crippen LogP contribution < -0.4 is 5.32 Å². The van der Waals surface area contributed by atoms with Crippen molar-refractivity contribution < 1.29 is 9.53 Å². The summed E-state index contributed by atoms with van der Waals surface area (Å²) < 4.78 is 6.98. The molecule has 8 heteroatoms. The molecule has 2 heterocycles. The van der Waals surface area contributed by atoms with Crippen molar-refractivity contribution in [2.24, 2.45) is 0 Å². The lowest BCUT2D eigenvalue weighted by Crippen LogP contribution is -2.27. The molecule has 0 aliphatic rings. The Morgan fingerprint density at radius 3 is 2.71 bits per heavy atom. The second-order valence-corrected chi connectivity index (χ2v) is 7.09. The topological polar surface area (TPSA) is 81.9 Å². The van der Waals surface area contributed by atoms with Gasteiger partial charge in [-0.05, 0) is 37.1 Å². The van der Waals surface area contributed by atoms with E-state index >= 15 is 0 Å². The SMILES string of the molecule is COCCCNC(=O)CSc1nnc(-c2ccncc2)n1-c1ccccc1C. The molecule has 2 aromatic heterocycles. The van der Waals surface area contributed by atoms with E-state index in [1.807, 2.05) is 47.9 Å². The average molecular weight is 398 g/mol. The number of hydrogen-bond acceptors (Lipinski definition) is 6. The number of thioether (sulfide) groups is 1. The van der Waals surface area contributed by atoms with Crippen molar-refractivity contribution in [2.45, 2.75) is 18.5 Å². The zero-order valence-electron chi connectivity index (χ0n) is 16.0. The number of pyridine rings is 1. The summed E-state index contributed by atoms with van der Waals surface area (Å²) in [5.41, 5.74) is 3.01. The summed E-state index contributed by atoms with van der Waals surface area (Å²) in [7, 11) is 1.65. The van der Waals surface area contributed by atoms with Crippen LogP contribution in [0.3, 0.4) is 0 Å². The number of carbonyl (C=O) groups is 1. The molecule has 0 aliphatic heterocycles. The predicted octanol–water partition coefficient (Wildman–Crippen LogP) is 2.88. The van der Waals surface area contributed by atoms with Gasteiger partial charge in [0.25, 0.3) is 0 Å². The molecule has 1 N–H and O–H groups in total. The first-order valence-corrected chi connectivity index (χ1v) is 9.99. The maximum atomic E-state index is 12.1. The zero-order chi connectivity index (χ0) is 19.8. The van der Waals surface area contributed by atoms with Crippen LogP contribution in [0, 0.1) is 6.92 Å². The molecule has 0 saturated heterocycles. The summed E-state index contributed by atoms with van der Waals surface area (Å²) in [6.45, 7) is 3.27. The number of aryl methyl sites for hydroxylation is 1. The van der Waals surface area contributed by atoms with Gasteiger partial charge in [-0.25, -0.2) is 0 Å². The molecule has 0 bridgehead atoms. The van der Waals surface area contributed by atoms with Gasteiger partial charge in [-0.3, -0.25) is 14.3 Å². The molecule has 0 unspecified atom stereocenters. The second kappa shape index (κ2) is 10.0. The van der Waals surface area contributed by atoms with E-state index in [4.69, 9.17) is 4.74 Å². The molecule has 28 heavy (non-hydrogen) atoms. The molecule has 0 saturated carbocycles. The highest BCUT2D eigenvalue weighted by Crippen LogP contribution is 2.29. The number of rotatable bonds is 9. The summed E-state index contributed by atoms with van der Waals surface area (Å²) in [5, 5.41) is 12.3. The lowest BCUT2D eigenvalue weighted by molar-refractivity contribution is -0.118. The fourth-order valence-corrected chi connectivity index (χ4v) is 3.48. The number of para-hydroxylation sites is 1. The Bertz CT molecular complexity index is 914. The van der Waals surface area contributed by atoms with E-state index in [1.54, 1.807) is 19.5 Å². The van der Waals surface area contributed by atoms with Crippen LogP contribution in [-0.2, 0) is 9.53 Å². The van der Waals surface area contributed by atoms with Crippen molar-refractivity contribution in [2.75, 3.05) is 26.0 Å². The van der Waals surface area contributed by atoms with Gasteiger partial charge in [0.2, 0.25) is 5.91 Å². The summed E-state index contributed by atoms with van der Waals surface area (Å²) >= 11 is 1.37. The number of aromatic nitrogens is 4. The maximum Gasteiger partial charge on any atom is 0.230 e. The first-order chi connectivity index (χ1) is 13.7. The summed E-state index contributed by atoms with van der Waals surface area (Å²) in [6, 6.07) is 11.8. The van der Waals surface area contributed by atoms with E-state index < -0.39 is 0 Å². The minimum absolute atomic E-state index is 0.0362. The van der Waals surface area contributed by atoms with E-state index in [1.165, 1.54) is 11.8 Å². The molecular formula is C20H23N5O2S. The highest BCUT2D eigenvalue weighted by Gasteiger charge is 2.18. The van der Waals surface area contributed by atoms with E-state index in [-0.39, 0.29) is 11.7 Å². The second-order valence-electron chi connectivity index (χ2n) is 6.15. The van der Waals surface area contributed by atoms with Gasteiger partial charge in [0.15, 0.2) is 11.0 Å². The molecule has 146 valence electrons. The largest absolute Gasteiger partial charge is 0.385 e. The van der Waals surface area contributed by atoms with Crippen LogP contribution in [-0.4, -0.2) is 51.7 Å². The fourth-order valence-electron chi connectivity index (χ4n) is 2.71. The van der Waals surface area contributed by atoms with Gasteiger partial charge >= 0.3 is 0 Å². The third-order valence-corrected chi connectivity index (χ3v) is 5.04. The number of amides is 1. The Balaban J connectivity index is 1.83. The summed E-state index contributed by atoms with van der Waals surface area (Å²) in [4.78, 5) is 16.2. The Kier molecular flexibility index (Phi) is 7.16. The lowest BCUT2D eigenvalue weighted by atomic mass is 10.2. The maximum absolute atomic E-state index is 12.1. The number of ether oxygens (including phenoxy) is 1. The van der Waals surface area contributed by atoms with Gasteiger partial charge in [0, 0.05) is 38.2 Å². The number of methoxy groups -OCH3 is 1. The van der Waals surface area contributed by atoms with E-state index in [0.717, 1.165) is 29.1 Å². The van der Waals surface area contributed by atoms with Gasteiger partial charge < -0.3 is 10.1 Å². The van der Waals surface area contributed by atoms with Crippen LogP contribution in [0.15, 0.2) is 53.9 Å². The molecule has 1 aromatic carbocycles. The fraction of sp³-hybridized carbons (Fsp3) is 0.300. The molecular weight excluding hydrogens is 374 g/mol. The molecule has 0 aliphatic carbocycles. The highest BCUT2D eigenvalue weighted by atomic mass is 32.2. The highest BCUT2D eigenvalue weighted by molar-refractivity contribution is 7.99. The van der Waals surface area contributed by atoms with Gasteiger partial charge in [-0.15, -0.1) is 10.2 Å². The number of benzene rings is 1. The predicted molar refractivity (Wildman–Crippen MR) is 110 cm³/mol. The minimum Gasteiger partial charge on any atom is -0.385 e. The number of nitrogens with one attached hydrogen (secondary N) is 1. The molecule has 0 spiro atoms. The first kappa shape index (κ1) is 20.0. The van der Waals surface area contributed by atoms with Gasteiger partial charge in [-0.2, -0.15) is 0 Å². The Morgan fingerprint density at radius 1 is 1.18 bits per heavy atom. The summed E-state index contributed by atoms with van der Waals surface area (Å²) in [6.07, 6.45) is 4.25. The van der Waals surface area contributed by atoms with E-state index in [2.05, 4.69) is 20.5 Å². The van der Waals surface area contributed by atoms with Gasteiger partial charge in [0.05, 0.1) is 11.4 Å². The van der Waals surface area contributed by atoms with Gasteiger partial charge in [-0.1, -0.05) is 30.0 Å². The van der Waals surface area contributed by atoms with Crippen molar-refractivity contribution >= 4 is 17.7 Å². The standard InChI is InChI=1S/C20H23N5O2S/c1-15-6-3-4-7-17(15)25-19(16-8-11-21-12-9-16)23-24-20(25)28-14-18(26)22-10-5-13-27-2/h3-4,6-9,11-12H,5,10,13-14H2,1-2H3,(H,22,26). The van der Waals surface area contributed by atoms with Crippen LogP contribution in [0.2, 0.25) is 0 Å². The molecule has 3 rings (SSSR count). The number of nitrogens with zero attached hydrogens (tertiary/aromatic N) is 4. The Morgan fingerprint density at radius 2 is 1.96 bits per heavy atom. The van der Waals surface area contributed by atoms with Crippen LogP contribution in [0.5, 0.6) is 0 Å². The van der Waals surface area contributed by atoms with E-state index in [9.17, 15) is 4.79 Å². The number of hydrogen-bond donors (Lipinski definition) is 1. The first-order valence-electron chi connectivity index (χ1n) is 9.01. The number of carbonyl (C=O) groups excluding carboxylic acids is 1. The molecule has 0 radical (unpaired) electrons. The van der Waals surface area contributed by atoms with Gasteiger partial charge in [0.1, 0.15) is 0 Å². The van der Waals surface area contributed by atoms with Crippen molar-refractivity contribution in [3.8, 4) is 17.1 Å². The van der Waals surface area contributed by atoms with Crippen LogP contribution >= 0.6 is 11.8 Å². The smallest absolute Gasteiger partial charge is 0.230 e. The van der Waals surface area contributed by atoms with Crippen molar-refractivity contribution in [3.05, 3.63) is 54.4 Å². The molecule has 3 aromatic rings. The van der Waals surface area contributed by atoms with Crippen LogP contribution in [0.4, 0.5) is 0 Å². The molecule has 7 nitrogen and oxygen atoms in total. The molecule has 0 fully saturated rings. The molecule has 1 amide bonds. The monoisotopic (exact) mass is 397 g/mol. The quantitative estimate of drug-likeness (QED) is 0.442. The zero-order valence-corrected chi connectivity index (χ0v) is 16.8. The third-order valence-electron chi connectivity index (χ3n) is 4.11. The average Bonchev–Trinajstić information content (AvgIpc) is 3.14. The van der Waals surface area contributed by atoms with Crippen LogP contribution in [0.1, 0.15) is 12.0 Å². The van der Waals surface area contributed by atoms with Crippen molar-refractivity contribution in [1.29, 1.82) is 0 Å². The lowest BCUT2D eigenvalue weighted by Gasteiger charge is -2.12. The summed E-state index contributed by atoms with van der Waals surface area (Å²) in [5.74, 6) is 0.957. The van der Waals surface area contributed by atoms with Crippen molar-refractivity contribution in [3.63, 3.8) is 0 Å². The van der Waals surface area contributed by atoms with E-state index in [0.29, 0.717) is 18.3 Å². The van der Waals surface area contributed by atoms with Crippen LogP contribution in [0.25, 0.3) is 17.1 Å².